The number of carbonyl (C=O) groups excluding carboxylic acids is 1. The van der Waals surface area contributed by atoms with Crippen LogP contribution in [0.4, 0.5) is 0 Å². The van der Waals surface area contributed by atoms with Crippen LogP contribution in [0.2, 0.25) is 5.02 Å². The minimum atomic E-state index is -0.112. The lowest BCUT2D eigenvalue weighted by atomic mass is 10.2. The van der Waals surface area contributed by atoms with Crippen molar-refractivity contribution in [3.63, 3.8) is 0 Å². The third kappa shape index (κ3) is 3.69. The predicted octanol–water partition coefficient (Wildman–Crippen LogP) is 5.06. The van der Waals surface area contributed by atoms with Gasteiger partial charge in [-0.05, 0) is 30.4 Å². The number of carbonyl (C=O) groups is 1. The molecule has 0 aliphatic carbocycles. The average Bonchev–Trinajstić information content (AvgIpc) is 3.22. The second-order valence-electron chi connectivity index (χ2n) is 4.66. The van der Waals surface area contributed by atoms with Gasteiger partial charge in [0.05, 0.1) is 6.20 Å². The Labute approximate surface area is 147 Å². The number of thiophene rings is 1. The Kier molecular flexibility index (Phi) is 4.91. The van der Waals surface area contributed by atoms with Crippen LogP contribution in [0.5, 0.6) is 0 Å². The van der Waals surface area contributed by atoms with Crippen LogP contribution in [-0.4, -0.2) is 17.9 Å². The van der Waals surface area contributed by atoms with Crippen molar-refractivity contribution in [2.24, 2.45) is 0 Å². The Morgan fingerprint density at radius 1 is 1.17 bits per heavy atom. The van der Waals surface area contributed by atoms with Gasteiger partial charge in [-0.1, -0.05) is 29.8 Å². The van der Waals surface area contributed by atoms with Gasteiger partial charge < -0.3 is 5.32 Å². The lowest BCUT2D eigenvalue weighted by Crippen LogP contribution is -2.16. The van der Waals surface area contributed by atoms with Crippen molar-refractivity contribution in [3.8, 4) is 10.4 Å². The molecule has 116 valence electrons. The largest absolute Gasteiger partial charge is 0.354 e. The average molecular weight is 361 g/mol. The van der Waals surface area contributed by atoms with Crippen LogP contribution in [-0.2, 0) is 0 Å². The maximum absolute atomic E-state index is 11.5. The fraction of sp³-hybridized carbons (Fsp3) is 0.0588. The molecule has 0 spiro atoms. The van der Waals surface area contributed by atoms with E-state index in [-0.39, 0.29) is 5.91 Å². The molecule has 2 heterocycles. The molecule has 1 amide bonds. The SMILES string of the molecule is CNC(=O)c1cnc(/C=C/c2ccc(-c3ccccc3Cl)s2)s1. The fourth-order valence-electron chi connectivity index (χ4n) is 1.99. The predicted molar refractivity (Wildman–Crippen MR) is 99.2 cm³/mol. The van der Waals surface area contributed by atoms with Crippen LogP contribution in [0.15, 0.2) is 42.6 Å². The number of amides is 1. The van der Waals surface area contributed by atoms with Crippen LogP contribution in [0.1, 0.15) is 19.6 Å². The number of hydrogen-bond acceptors (Lipinski definition) is 4. The van der Waals surface area contributed by atoms with Crippen LogP contribution in [0.25, 0.3) is 22.6 Å². The van der Waals surface area contributed by atoms with Crippen molar-refractivity contribution in [3.05, 3.63) is 62.4 Å². The molecule has 0 saturated carbocycles. The molecular weight excluding hydrogens is 348 g/mol. The summed E-state index contributed by atoms with van der Waals surface area (Å²) in [6, 6.07) is 11.9. The van der Waals surface area contributed by atoms with Crippen LogP contribution in [0, 0.1) is 0 Å². The molecule has 23 heavy (non-hydrogen) atoms. The standard InChI is InChI=1S/C17H13ClN2OS2/c1-19-17(21)15-10-20-16(23-15)9-7-11-6-8-14(22-11)12-4-2-3-5-13(12)18/h2-10H,1H3,(H,19,21)/b9-7+. The minimum absolute atomic E-state index is 0.112. The van der Waals surface area contributed by atoms with E-state index >= 15 is 0 Å². The first kappa shape index (κ1) is 15.9. The highest BCUT2D eigenvalue weighted by Gasteiger charge is 2.07. The molecule has 0 bridgehead atoms. The van der Waals surface area contributed by atoms with E-state index in [0.29, 0.717) is 4.88 Å². The summed E-state index contributed by atoms with van der Waals surface area (Å²) in [6.45, 7) is 0. The second kappa shape index (κ2) is 7.08. The molecule has 2 aromatic heterocycles. The summed E-state index contributed by atoms with van der Waals surface area (Å²) in [7, 11) is 1.61. The van der Waals surface area contributed by atoms with Gasteiger partial charge in [0.2, 0.25) is 0 Å². The number of halogens is 1. The summed E-state index contributed by atoms with van der Waals surface area (Å²) >= 11 is 9.26. The van der Waals surface area contributed by atoms with E-state index in [1.54, 1.807) is 24.6 Å². The molecule has 0 fully saturated rings. The third-order valence-electron chi connectivity index (χ3n) is 3.13. The molecular formula is C17H13ClN2OS2. The van der Waals surface area contributed by atoms with Crippen molar-refractivity contribution in [2.75, 3.05) is 7.05 Å². The Morgan fingerprint density at radius 2 is 2.00 bits per heavy atom. The molecule has 6 heteroatoms. The normalized spacial score (nSPS) is 11.0. The quantitative estimate of drug-likeness (QED) is 0.707. The van der Waals surface area contributed by atoms with Crippen molar-refractivity contribution < 1.29 is 4.79 Å². The van der Waals surface area contributed by atoms with Gasteiger partial charge in [-0.2, -0.15) is 0 Å². The van der Waals surface area contributed by atoms with Crippen LogP contribution in [0.3, 0.4) is 0 Å². The maximum atomic E-state index is 11.5. The third-order valence-corrected chi connectivity index (χ3v) is 5.51. The maximum Gasteiger partial charge on any atom is 0.262 e. The van der Waals surface area contributed by atoms with Gasteiger partial charge in [-0.25, -0.2) is 4.98 Å². The topological polar surface area (TPSA) is 42.0 Å². The lowest BCUT2D eigenvalue weighted by Gasteiger charge is -1.99. The van der Waals surface area contributed by atoms with Gasteiger partial charge in [0.1, 0.15) is 9.88 Å². The minimum Gasteiger partial charge on any atom is -0.354 e. The van der Waals surface area contributed by atoms with E-state index in [0.717, 1.165) is 25.3 Å². The molecule has 0 saturated heterocycles. The van der Waals surface area contributed by atoms with Gasteiger partial charge in [-0.15, -0.1) is 22.7 Å². The summed E-state index contributed by atoms with van der Waals surface area (Å²) in [5, 5.41) is 4.14. The number of aromatic nitrogens is 1. The highest BCUT2D eigenvalue weighted by atomic mass is 35.5. The molecule has 1 N–H and O–H groups in total. The molecule has 0 radical (unpaired) electrons. The van der Waals surface area contributed by atoms with E-state index in [1.807, 2.05) is 42.5 Å². The van der Waals surface area contributed by atoms with Crippen molar-refractivity contribution in [1.29, 1.82) is 0 Å². The molecule has 3 nitrogen and oxygen atoms in total. The van der Waals surface area contributed by atoms with Gasteiger partial charge in [0.15, 0.2) is 0 Å². The van der Waals surface area contributed by atoms with E-state index in [1.165, 1.54) is 11.3 Å². The molecule has 3 rings (SSSR count). The monoisotopic (exact) mass is 360 g/mol. The number of nitrogens with one attached hydrogen (secondary N) is 1. The molecule has 0 aliphatic heterocycles. The van der Waals surface area contributed by atoms with Gasteiger partial charge >= 0.3 is 0 Å². The summed E-state index contributed by atoms with van der Waals surface area (Å²) in [6.07, 6.45) is 5.50. The molecule has 1 aromatic carbocycles. The first-order valence-electron chi connectivity index (χ1n) is 6.88. The zero-order valence-electron chi connectivity index (χ0n) is 12.2. The van der Waals surface area contributed by atoms with Gasteiger partial charge in [0.25, 0.3) is 5.91 Å². The smallest absolute Gasteiger partial charge is 0.262 e. The van der Waals surface area contributed by atoms with E-state index in [2.05, 4.69) is 16.4 Å². The van der Waals surface area contributed by atoms with Gasteiger partial charge in [0, 0.05) is 27.4 Å². The van der Waals surface area contributed by atoms with Gasteiger partial charge in [-0.3, -0.25) is 4.79 Å². The molecule has 0 aliphatic rings. The Bertz CT molecular complexity index is 867. The number of hydrogen-bond donors (Lipinski definition) is 1. The zero-order valence-corrected chi connectivity index (χ0v) is 14.6. The van der Waals surface area contributed by atoms with Crippen LogP contribution >= 0.6 is 34.3 Å². The highest BCUT2D eigenvalue weighted by Crippen LogP contribution is 2.33. The molecule has 0 atom stereocenters. The zero-order chi connectivity index (χ0) is 16.2. The molecule has 0 unspecified atom stereocenters. The first-order chi connectivity index (χ1) is 11.2. The number of rotatable bonds is 4. The summed E-state index contributed by atoms with van der Waals surface area (Å²) in [5.74, 6) is -0.112. The summed E-state index contributed by atoms with van der Waals surface area (Å²) in [5.41, 5.74) is 1.04. The van der Waals surface area contributed by atoms with E-state index < -0.39 is 0 Å². The Balaban J connectivity index is 1.78. The summed E-state index contributed by atoms with van der Waals surface area (Å²) in [4.78, 5) is 18.6. The fourth-order valence-corrected chi connectivity index (χ4v) is 4.01. The van der Waals surface area contributed by atoms with E-state index in [4.69, 9.17) is 11.6 Å². The first-order valence-corrected chi connectivity index (χ1v) is 8.89. The number of benzene rings is 1. The second-order valence-corrected chi connectivity index (χ2v) is 7.24. The van der Waals surface area contributed by atoms with Crippen molar-refractivity contribution in [2.45, 2.75) is 0 Å². The number of thiazole rings is 1. The van der Waals surface area contributed by atoms with Crippen molar-refractivity contribution >= 4 is 52.3 Å². The van der Waals surface area contributed by atoms with Crippen molar-refractivity contribution in [1.82, 2.24) is 10.3 Å². The van der Waals surface area contributed by atoms with Crippen LogP contribution < -0.4 is 5.32 Å². The number of nitrogens with zero attached hydrogens (tertiary/aromatic N) is 1. The highest BCUT2D eigenvalue weighted by molar-refractivity contribution is 7.16. The van der Waals surface area contributed by atoms with E-state index in [9.17, 15) is 4.79 Å². The summed E-state index contributed by atoms with van der Waals surface area (Å²) < 4.78 is 0. The Morgan fingerprint density at radius 3 is 2.78 bits per heavy atom. The lowest BCUT2D eigenvalue weighted by molar-refractivity contribution is 0.0967. The molecule has 3 aromatic rings. The Hall–Kier alpha value is -1.95.